The topological polar surface area (TPSA) is 76.6 Å². The van der Waals surface area contributed by atoms with Gasteiger partial charge in [0, 0.05) is 35.5 Å². The van der Waals surface area contributed by atoms with Crippen LogP contribution in [0.25, 0.3) is 11.1 Å². The Balaban J connectivity index is 1.56. The number of nitrogens with two attached hydrogens (primary N) is 1. The van der Waals surface area contributed by atoms with Gasteiger partial charge in [0.25, 0.3) is 0 Å². The van der Waals surface area contributed by atoms with Gasteiger partial charge in [0.15, 0.2) is 0 Å². The lowest BCUT2D eigenvalue weighted by Crippen LogP contribution is -2.28. The highest BCUT2D eigenvalue weighted by molar-refractivity contribution is 5.93. The Morgan fingerprint density at radius 1 is 1.00 bits per heavy atom. The fourth-order valence-electron chi connectivity index (χ4n) is 5.08. The van der Waals surface area contributed by atoms with Gasteiger partial charge in [-0.3, -0.25) is 4.99 Å². The van der Waals surface area contributed by atoms with Crippen molar-refractivity contribution in [3.8, 4) is 16.9 Å². The summed E-state index contributed by atoms with van der Waals surface area (Å²) < 4.78 is 6.23. The van der Waals surface area contributed by atoms with E-state index in [4.69, 9.17) is 15.5 Å². The number of nitrogens with zero attached hydrogens (tertiary/aromatic N) is 4. The number of fused-ring (bicyclic) bond motifs is 2. The molecule has 0 aliphatic carbocycles. The lowest BCUT2D eigenvalue weighted by molar-refractivity contribution is 0.329. The van der Waals surface area contributed by atoms with Crippen molar-refractivity contribution < 1.29 is 4.74 Å². The van der Waals surface area contributed by atoms with Gasteiger partial charge < -0.3 is 15.4 Å². The molecule has 33 heavy (non-hydrogen) atoms. The zero-order valence-corrected chi connectivity index (χ0v) is 20.1. The molecule has 2 aromatic carbocycles. The molecule has 0 saturated carbocycles. The second kappa shape index (κ2) is 8.18. The van der Waals surface area contributed by atoms with E-state index < -0.39 is 0 Å². The molecule has 1 aromatic heterocycles. The van der Waals surface area contributed by atoms with Gasteiger partial charge in [-0.05, 0) is 67.1 Å². The van der Waals surface area contributed by atoms with E-state index in [-0.39, 0.29) is 0 Å². The zero-order chi connectivity index (χ0) is 23.3. The van der Waals surface area contributed by atoms with Crippen molar-refractivity contribution in [1.82, 2.24) is 9.97 Å². The molecule has 5 rings (SSSR count). The van der Waals surface area contributed by atoms with Crippen LogP contribution in [-0.2, 0) is 13.0 Å². The first-order valence-corrected chi connectivity index (χ1v) is 11.6. The molecule has 0 unspecified atom stereocenters. The van der Waals surface area contributed by atoms with Crippen LogP contribution in [0.15, 0.2) is 35.3 Å². The predicted octanol–water partition coefficient (Wildman–Crippen LogP) is 5.51. The second-order valence-corrected chi connectivity index (χ2v) is 9.48. The summed E-state index contributed by atoms with van der Waals surface area (Å²) in [7, 11) is 0. The first-order valence-electron chi connectivity index (χ1n) is 11.6. The van der Waals surface area contributed by atoms with Crippen molar-refractivity contribution in [3.63, 3.8) is 0 Å². The molecule has 0 atom stereocenters. The van der Waals surface area contributed by atoms with E-state index in [1.54, 1.807) is 0 Å². The van der Waals surface area contributed by atoms with E-state index in [2.05, 4.69) is 72.9 Å². The minimum atomic E-state index is 0.299. The summed E-state index contributed by atoms with van der Waals surface area (Å²) in [5.74, 6) is 2.50. The molecule has 6 heteroatoms. The fourth-order valence-corrected chi connectivity index (χ4v) is 5.08. The van der Waals surface area contributed by atoms with E-state index in [1.165, 1.54) is 22.4 Å². The third kappa shape index (κ3) is 3.94. The summed E-state index contributed by atoms with van der Waals surface area (Å²) in [6, 6.07) is 11.1. The van der Waals surface area contributed by atoms with Crippen molar-refractivity contribution in [2.75, 3.05) is 23.8 Å². The van der Waals surface area contributed by atoms with E-state index in [0.717, 1.165) is 52.6 Å². The average molecular weight is 442 g/mol. The Morgan fingerprint density at radius 3 is 2.61 bits per heavy atom. The molecule has 0 spiro atoms. The summed E-state index contributed by atoms with van der Waals surface area (Å²) >= 11 is 0. The van der Waals surface area contributed by atoms with Crippen molar-refractivity contribution in [3.05, 3.63) is 58.3 Å². The molecule has 0 radical (unpaired) electrons. The predicted molar refractivity (Wildman–Crippen MR) is 135 cm³/mol. The Labute approximate surface area is 195 Å². The van der Waals surface area contributed by atoms with E-state index in [0.29, 0.717) is 25.0 Å². The van der Waals surface area contributed by atoms with Crippen LogP contribution in [0.2, 0.25) is 0 Å². The SMILES string of the molecule is CC1=Nc2cc(-c3cc(C)c4c(c3)CN(c3nc(N)nc(C)c3C(C)C)CCO4)ccc2C1. The highest BCUT2D eigenvalue weighted by Crippen LogP contribution is 2.38. The monoisotopic (exact) mass is 441 g/mol. The van der Waals surface area contributed by atoms with E-state index in [9.17, 15) is 0 Å². The third-order valence-corrected chi connectivity index (χ3v) is 6.51. The van der Waals surface area contributed by atoms with Crippen LogP contribution in [0, 0.1) is 13.8 Å². The van der Waals surface area contributed by atoms with Crippen LogP contribution < -0.4 is 15.4 Å². The number of anilines is 2. The Morgan fingerprint density at radius 2 is 1.82 bits per heavy atom. The lowest BCUT2D eigenvalue weighted by Gasteiger charge is -2.26. The van der Waals surface area contributed by atoms with E-state index >= 15 is 0 Å². The zero-order valence-electron chi connectivity index (χ0n) is 20.1. The maximum atomic E-state index is 6.23. The molecule has 2 aliphatic heterocycles. The number of hydrogen-bond donors (Lipinski definition) is 1. The van der Waals surface area contributed by atoms with Gasteiger partial charge in [0.2, 0.25) is 5.95 Å². The van der Waals surface area contributed by atoms with Gasteiger partial charge in [-0.15, -0.1) is 0 Å². The van der Waals surface area contributed by atoms with Crippen LogP contribution in [0.1, 0.15) is 54.6 Å². The van der Waals surface area contributed by atoms with Crippen LogP contribution >= 0.6 is 0 Å². The van der Waals surface area contributed by atoms with Crippen molar-refractivity contribution >= 4 is 23.2 Å². The van der Waals surface area contributed by atoms with E-state index in [1.807, 2.05) is 6.92 Å². The summed E-state index contributed by atoms with van der Waals surface area (Å²) in [4.78, 5) is 16.1. The third-order valence-electron chi connectivity index (χ3n) is 6.51. The molecule has 6 nitrogen and oxygen atoms in total. The van der Waals surface area contributed by atoms with Crippen molar-refractivity contribution in [2.24, 2.45) is 4.99 Å². The molecule has 0 bridgehead atoms. The minimum Gasteiger partial charge on any atom is -0.491 e. The van der Waals surface area contributed by atoms with Crippen LogP contribution in [0.3, 0.4) is 0 Å². The largest absolute Gasteiger partial charge is 0.491 e. The van der Waals surface area contributed by atoms with Gasteiger partial charge in [-0.25, -0.2) is 4.98 Å². The van der Waals surface area contributed by atoms with Crippen LogP contribution in [0.5, 0.6) is 5.75 Å². The molecular weight excluding hydrogens is 410 g/mol. The number of aryl methyl sites for hydroxylation is 2. The number of nitrogen functional groups attached to an aromatic ring is 1. The summed E-state index contributed by atoms with van der Waals surface area (Å²) in [5, 5.41) is 0. The van der Waals surface area contributed by atoms with Crippen LogP contribution in [-0.4, -0.2) is 28.8 Å². The first-order chi connectivity index (χ1) is 15.8. The Kier molecular flexibility index (Phi) is 5.31. The Bertz CT molecular complexity index is 1280. The van der Waals surface area contributed by atoms with Gasteiger partial charge in [0.05, 0.1) is 12.2 Å². The maximum Gasteiger partial charge on any atom is 0.222 e. The minimum absolute atomic E-state index is 0.299. The summed E-state index contributed by atoms with van der Waals surface area (Å²) in [6.07, 6.45) is 0.946. The lowest BCUT2D eigenvalue weighted by atomic mass is 9.97. The fraction of sp³-hybridized carbons (Fsp3) is 0.370. The molecule has 3 aromatic rings. The Hall–Kier alpha value is -3.41. The number of rotatable bonds is 3. The van der Waals surface area contributed by atoms with Crippen molar-refractivity contribution in [2.45, 2.75) is 53.5 Å². The van der Waals surface area contributed by atoms with Crippen LogP contribution in [0.4, 0.5) is 17.5 Å². The molecule has 0 amide bonds. The highest BCUT2D eigenvalue weighted by Gasteiger charge is 2.24. The van der Waals surface area contributed by atoms with Gasteiger partial charge in [-0.2, -0.15) is 4.98 Å². The number of ether oxygens (including phenoxy) is 1. The van der Waals surface area contributed by atoms with Gasteiger partial charge >= 0.3 is 0 Å². The quantitative estimate of drug-likeness (QED) is 0.580. The maximum absolute atomic E-state index is 6.23. The van der Waals surface area contributed by atoms with Crippen molar-refractivity contribution in [1.29, 1.82) is 0 Å². The smallest absolute Gasteiger partial charge is 0.222 e. The molecule has 2 aliphatic rings. The number of hydrogen-bond acceptors (Lipinski definition) is 6. The number of benzene rings is 2. The summed E-state index contributed by atoms with van der Waals surface area (Å²) in [6.45, 7) is 12.6. The highest BCUT2D eigenvalue weighted by atomic mass is 16.5. The number of aromatic nitrogens is 2. The molecular formula is C27H31N5O. The average Bonchev–Trinajstić information content (AvgIpc) is 2.98. The van der Waals surface area contributed by atoms with Gasteiger partial charge in [0.1, 0.15) is 18.2 Å². The molecule has 3 heterocycles. The normalized spacial score (nSPS) is 15.1. The standard InChI is InChI=1S/C27H31N5O/c1-15(2)24-18(5)30-27(28)31-26(24)32-8-9-33-25-16(3)10-21(12-22(25)14-32)19-6-7-20-11-17(4)29-23(20)13-19/h6-7,10,12-13,15H,8-9,11,14H2,1-5H3,(H2,28,30,31). The molecule has 2 N–H and O–H groups in total. The molecule has 170 valence electrons. The van der Waals surface area contributed by atoms with Gasteiger partial charge in [-0.1, -0.05) is 26.0 Å². The summed E-state index contributed by atoms with van der Waals surface area (Å²) in [5.41, 5.74) is 16.4. The molecule has 0 saturated heterocycles. The first kappa shape index (κ1) is 21.4. The second-order valence-electron chi connectivity index (χ2n) is 9.48. The molecule has 0 fully saturated rings. The number of aliphatic imine (C=N–C) groups is 1.